The molecule has 0 spiro atoms. The lowest BCUT2D eigenvalue weighted by molar-refractivity contribution is -0.129. The quantitative estimate of drug-likeness (QED) is 0.666. The van der Waals surface area contributed by atoms with Crippen LogP contribution in [0, 0.1) is 5.92 Å². The van der Waals surface area contributed by atoms with Gasteiger partial charge in [0.15, 0.2) is 0 Å². The normalized spacial score (nSPS) is 15.1. The van der Waals surface area contributed by atoms with Crippen LogP contribution < -0.4 is 0 Å². The summed E-state index contributed by atoms with van der Waals surface area (Å²) in [6.45, 7) is 0.866. The van der Waals surface area contributed by atoms with Crippen molar-refractivity contribution >= 4 is 6.47 Å². The first-order valence-corrected chi connectivity index (χ1v) is 5.01. The molecule has 0 N–H and O–H groups in total. The third-order valence-electron chi connectivity index (χ3n) is 2.56. The Hall–Kier alpha value is -1.31. The highest BCUT2D eigenvalue weighted by molar-refractivity contribution is 5.37. The van der Waals surface area contributed by atoms with E-state index < -0.39 is 0 Å². The molecular weight excluding hydrogens is 176 g/mol. The van der Waals surface area contributed by atoms with Crippen molar-refractivity contribution in [2.75, 3.05) is 0 Å². The molecule has 1 aromatic rings. The van der Waals surface area contributed by atoms with E-state index in [1.54, 1.807) is 0 Å². The van der Waals surface area contributed by atoms with Gasteiger partial charge in [0, 0.05) is 0 Å². The summed E-state index contributed by atoms with van der Waals surface area (Å²) in [5.41, 5.74) is 2.44. The lowest BCUT2D eigenvalue weighted by atomic mass is 10.1. The molecular formula is C12H14O2. The average Bonchev–Trinajstić information content (AvgIpc) is 3.01. The second-order valence-corrected chi connectivity index (χ2v) is 3.87. The summed E-state index contributed by atoms with van der Waals surface area (Å²) < 4.78 is 4.67. The van der Waals surface area contributed by atoms with Gasteiger partial charge in [-0.15, -0.1) is 0 Å². The summed E-state index contributed by atoms with van der Waals surface area (Å²) in [7, 11) is 0. The largest absolute Gasteiger partial charge is 0.463 e. The zero-order chi connectivity index (χ0) is 9.80. The van der Waals surface area contributed by atoms with Gasteiger partial charge in [-0.3, -0.25) is 4.79 Å². The third-order valence-corrected chi connectivity index (χ3v) is 2.56. The highest BCUT2D eigenvalue weighted by atomic mass is 16.5. The van der Waals surface area contributed by atoms with Crippen molar-refractivity contribution in [3.05, 3.63) is 35.4 Å². The van der Waals surface area contributed by atoms with Crippen LogP contribution in [-0.4, -0.2) is 6.47 Å². The molecule has 2 nitrogen and oxygen atoms in total. The smallest absolute Gasteiger partial charge is 0.293 e. The third kappa shape index (κ3) is 2.59. The molecule has 0 aliphatic heterocycles. The topological polar surface area (TPSA) is 26.3 Å². The van der Waals surface area contributed by atoms with E-state index in [0.717, 1.165) is 11.5 Å². The highest BCUT2D eigenvalue weighted by Crippen LogP contribution is 2.32. The molecule has 1 aliphatic carbocycles. The minimum atomic E-state index is 0.382. The maximum Gasteiger partial charge on any atom is 0.293 e. The molecule has 1 saturated carbocycles. The standard InChI is InChI=1S/C12H14O2/c13-9-14-8-12-5-3-11(4-6-12)7-10-1-2-10/h3-6,9-10H,1-2,7-8H2. The molecule has 0 unspecified atom stereocenters. The Bertz CT molecular complexity index is 299. The summed E-state index contributed by atoms with van der Waals surface area (Å²) in [5, 5.41) is 0. The van der Waals surface area contributed by atoms with Crippen molar-refractivity contribution < 1.29 is 9.53 Å². The molecule has 74 valence electrons. The van der Waals surface area contributed by atoms with E-state index in [0.29, 0.717) is 13.1 Å². The van der Waals surface area contributed by atoms with Crippen molar-refractivity contribution in [3.8, 4) is 0 Å². The first-order valence-electron chi connectivity index (χ1n) is 5.01. The molecule has 1 aromatic carbocycles. The Kier molecular flexibility index (Phi) is 2.82. The number of carbonyl (C=O) groups is 1. The SMILES string of the molecule is O=COCc1ccc(CC2CC2)cc1. The van der Waals surface area contributed by atoms with E-state index in [2.05, 4.69) is 16.9 Å². The van der Waals surface area contributed by atoms with Gasteiger partial charge >= 0.3 is 0 Å². The lowest BCUT2D eigenvalue weighted by Crippen LogP contribution is -1.91. The second-order valence-electron chi connectivity index (χ2n) is 3.87. The van der Waals surface area contributed by atoms with E-state index in [-0.39, 0.29) is 0 Å². The molecule has 0 atom stereocenters. The number of hydrogen-bond acceptors (Lipinski definition) is 2. The Labute approximate surface area is 83.9 Å². The predicted molar refractivity (Wildman–Crippen MR) is 53.7 cm³/mol. The van der Waals surface area contributed by atoms with Crippen LogP contribution in [0.1, 0.15) is 24.0 Å². The molecule has 0 heterocycles. The van der Waals surface area contributed by atoms with Gasteiger partial charge in [0.1, 0.15) is 6.61 Å². The van der Waals surface area contributed by atoms with Crippen LogP contribution in [0.4, 0.5) is 0 Å². The molecule has 0 bridgehead atoms. The van der Waals surface area contributed by atoms with Crippen LogP contribution >= 0.6 is 0 Å². The van der Waals surface area contributed by atoms with Crippen molar-refractivity contribution in [2.24, 2.45) is 5.92 Å². The van der Waals surface area contributed by atoms with E-state index in [1.165, 1.54) is 24.8 Å². The van der Waals surface area contributed by atoms with Gasteiger partial charge in [-0.25, -0.2) is 0 Å². The summed E-state index contributed by atoms with van der Waals surface area (Å²) >= 11 is 0. The van der Waals surface area contributed by atoms with Crippen molar-refractivity contribution in [1.82, 2.24) is 0 Å². The molecule has 1 aliphatic rings. The fourth-order valence-electron chi connectivity index (χ4n) is 1.56. The lowest BCUT2D eigenvalue weighted by Gasteiger charge is -2.02. The van der Waals surface area contributed by atoms with Gasteiger partial charge in [-0.05, 0) is 36.3 Å². The monoisotopic (exact) mass is 190 g/mol. The van der Waals surface area contributed by atoms with Crippen LogP contribution in [-0.2, 0) is 22.6 Å². The Morgan fingerprint density at radius 3 is 2.43 bits per heavy atom. The number of hydrogen-bond donors (Lipinski definition) is 0. The first-order chi connectivity index (χ1) is 6.88. The molecule has 2 heteroatoms. The fourth-order valence-corrected chi connectivity index (χ4v) is 1.56. The number of carbonyl (C=O) groups excluding carboxylic acids is 1. The van der Waals surface area contributed by atoms with E-state index >= 15 is 0 Å². The van der Waals surface area contributed by atoms with Crippen molar-refractivity contribution in [3.63, 3.8) is 0 Å². The summed E-state index contributed by atoms with van der Waals surface area (Å²) in [5.74, 6) is 0.923. The van der Waals surface area contributed by atoms with Crippen molar-refractivity contribution in [1.29, 1.82) is 0 Å². The van der Waals surface area contributed by atoms with Crippen LogP contribution in [0.15, 0.2) is 24.3 Å². The van der Waals surface area contributed by atoms with E-state index in [4.69, 9.17) is 0 Å². The van der Waals surface area contributed by atoms with Gasteiger partial charge in [0.05, 0.1) is 0 Å². The summed E-state index contributed by atoms with van der Waals surface area (Å²) in [6.07, 6.45) is 3.97. The molecule has 2 rings (SSSR count). The second kappa shape index (κ2) is 4.27. The average molecular weight is 190 g/mol. The molecule has 14 heavy (non-hydrogen) atoms. The zero-order valence-corrected chi connectivity index (χ0v) is 8.11. The van der Waals surface area contributed by atoms with Gasteiger partial charge in [0.25, 0.3) is 6.47 Å². The number of benzene rings is 1. The zero-order valence-electron chi connectivity index (χ0n) is 8.11. The van der Waals surface area contributed by atoms with Gasteiger partial charge in [-0.2, -0.15) is 0 Å². The molecule has 0 radical (unpaired) electrons. The van der Waals surface area contributed by atoms with Crippen LogP contribution in [0.5, 0.6) is 0 Å². The van der Waals surface area contributed by atoms with Crippen LogP contribution in [0.3, 0.4) is 0 Å². The van der Waals surface area contributed by atoms with Crippen LogP contribution in [0.25, 0.3) is 0 Å². The van der Waals surface area contributed by atoms with Gasteiger partial charge in [-0.1, -0.05) is 24.3 Å². The summed E-state index contributed by atoms with van der Waals surface area (Å²) in [4.78, 5) is 9.98. The first kappa shape index (κ1) is 9.25. The molecule has 1 fully saturated rings. The van der Waals surface area contributed by atoms with Crippen LogP contribution in [0.2, 0.25) is 0 Å². The maximum absolute atomic E-state index is 9.98. The van der Waals surface area contributed by atoms with E-state index in [9.17, 15) is 4.79 Å². The minimum absolute atomic E-state index is 0.382. The van der Waals surface area contributed by atoms with Gasteiger partial charge < -0.3 is 4.74 Å². The highest BCUT2D eigenvalue weighted by Gasteiger charge is 2.21. The minimum Gasteiger partial charge on any atom is -0.463 e. The number of rotatable bonds is 5. The van der Waals surface area contributed by atoms with E-state index in [1.807, 2.05) is 12.1 Å². The predicted octanol–water partition coefficient (Wildman–Crippen LogP) is 2.31. The Morgan fingerprint density at radius 2 is 1.86 bits per heavy atom. The Balaban J connectivity index is 1.90. The van der Waals surface area contributed by atoms with Gasteiger partial charge in [0.2, 0.25) is 0 Å². The van der Waals surface area contributed by atoms with Crippen molar-refractivity contribution in [2.45, 2.75) is 25.9 Å². The Morgan fingerprint density at radius 1 is 1.21 bits per heavy atom. The maximum atomic E-state index is 9.98. The summed E-state index contributed by atoms with van der Waals surface area (Å²) in [6, 6.07) is 8.31. The molecule has 0 amide bonds. The fraction of sp³-hybridized carbons (Fsp3) is 0.417. The molecule has 0 saturated heterocycles. The molecule has 0 aromatic heterocycles. The number of ether oxygens (including phenoxy) is 1.